The number of ether oxygens (including phenoxy) is 1. The van der Waals surface area contributed by atoms with Gasteiger partial charge < -0.3 is 15.0 Å². The third-order valence-electron chi connectivity index (χ3n) is 5.31. The number of aromatic nitrogens is 1. The van der Waals surface area contributed by atoms with E-state index in [2.05, 4.69) is 62.4 Å². The number of hydrogen-bond donors (Lipinski definition) is 2. The van der Waals surface area contributed by atoms with Crippen molar-refractivity contribution in [2.24, 2.45) is 0 Å². The maximum Gasteiger partial charge on any atom is 0.0603 e. The summed E-state index contributed by atoms with van der Waals surface area (Å²) < 4.78 is 5.38. The Balaban J connectivity index is 0.00000140. The summed E-state index contributed by atoms with van der Waals surface area (Å²) in [4.78, 5) is 8.23. The van der Waals surface area contributed by atoms with E-state index >= 15 is 0 Å². The lowest BCUT2D eigenvalue weighted by Gasteiger charge is -2.32. The number of hydrogen-bond acceptors (Lipinski definition) is 4. The van der Waals surface area contributed by atoms with Gasteiger partial charge in [-0.15, -0.1) is 24.8 Å². The van der Waals surface area contributed by atoms with Gasteiger partial charge in [0, 0.05) is 55.9 Å². The summed E-state index contributed by atoms with van der Waals surface area (Å²) in [5, 5.41) is 5.01. The molecule has 0 bridgehead atoms. The molecule has 1 unspecified atom stereocenters. The van der Waals surface area contributed by atoms with Crippen LogP contribution in [0.15, 0.2) is 30.5 Å². The summed E-state index contributed by atoms with van der Waals surface area (Å²) in [6.45, 7) is 8.62. The Morgan fingerprint density at radius 1 is 1.00 bits per heavy atom. The number of morpholine rings is 1. The van der Waals surface area contributed by atoms with Crippen LogP contribution >= 0.6 is 24.8 Å². The summed E-state index contributed by atoms with van der Waals surface area (Å²) in [7, 11) is 0. The standard InChI is InChI=1S/C21H28N4O.2ClH/c1-2-6-21-20(5-1)18(16-23-21)15-19-17-25(10-7-22-19)9-4-3-8-24-11-13-26-14-12-24;;/h1-2,5-6,16,19,22-23H,7-15,17H2;2*1H. The van der Waals surface area contributed by atoms with Gasteiger partial charge in [0.2, 0.25) is 0 Å². The van der Waals surface area contributed by atoms with Crippen LogP contribution in [0.2, 0.25) is 0 Å². The van der Waals surface area contributed by atoms with Crippen LogP contribution in [-0.2, 0) is 11.2 Å². The Morgan fingerprint density at radius 3 is 2.57 bits per heavy atom. The van der Waals surface area contributed by atoms with Crippen LogP contribution in [-0.4, -0.2) is 79.9 Å². The highest BCUT2D eigenvalue weighted by molar-refractivity contribution is 5.85. The Kier molecular flexibility index (Phi) is 9.60. The largest absolute Gasteiger partial charge is 0.379 e. The number of nitrogens with one attached hydrogen (secondary N) is 2. The molecule has 0 spiro atoms. The highest BCUT2D eigenvalue weighted by Gasteiger charge is 2.20. The first-order chi connectivity index (χ1) is 12.9. The second-order valence-corrected chi connectivity index (χ2v) is 7.19. The van der Waals surface area contributed by atoms with Gasteiger partial charge >= 0.3 is 0 Å². The van der Waals surface area contributed by atoms with E-state index in [0.717, 1.165) is 65.4 Å². The molecule has 4 rings (SSSR count). The summed E-state index contributed by atoms with van der Waals surface area (Å²) >= 11 is 0. The van der Waals surface area contributed by atoms with Crippen molar-refractivity contribution >= 4 is 35.7 Å². The molecule has 3 heterocycles. The molecule has 2 aliphatic heterocycles. The van der Waals surface area contributed by atoms with Gasteiger partial charge in [0.25, 0.3) is 0 Å². The molecule has 1 aromatic heterocycles. The number of nitrogens with zero attached hydrogens (tertiary/aromatic N) is 2. The zero-order valence-electron chi connectivity index (χ0n) is 16.2. The Hall–Kier alpha value is -1.26. The highest BCUT2D eigenvalue weighted by atomic mass is 35.5. The Morgan fingerprint density at radius 2 is 1.75 bits per heavy atom. The predicted octanol–water partition coefficient (Wildman–Crippen LogP) is 2.16. The summed E-state index contributed by atoms with van der Waals surface area (Å²) in [5.74, 6) is 6.71. The van der Waals surface area contributed by atoms with E-state index in [1.807, 2.05) is 0 Å². The Labute approximate surface area is 180 Å². The van der Waals surface area contributed by atoms with E-state index in [1.54, 1.807) is 0 Å². The second kappa shape index (κ2) is 11.7. The minimum atomic E-state index is 0. The number of H-pyrrole nitrogens is 1. The lowest BCUT2D eigenvalue weighted by molar-refractivity contribution is 0.0443. The average Bonchev–Trinajstić information content (AvgIpc) is 3.09. The van der Waals surface area contributed by atoms with Crippen LogP contribution in [0.1, 0.15) is 5.56 Å². The zero-order chi connectivity index (χ0) is 17.6. The van der Waals surface area contributed by atoms with Crippen molar-refractivity contribution in [2.75, 3.05) is 59.0 Å². The van der Waals surface area contributed by atoms with E-state index in [0.29, 0.717) is 6.04 Å². The number of piperazine rings is 1. The van der Waals surface area contributed by atoms with Crippen molar-refractivity contribution < 1.29 is 4.74 Å². The molecule has 154 valence electrons. The summed E-state index contributed by atoms with van der Waals surface area (Å²) in [5.41, 5.74) is 2.63. The average molecular weight is 425 g/mol. The van der Waals surface area contributed by atoms with Crippen LogP contribution in [0.3, 0.4) is 0 Å². The number of aromatic amines is 1. The predicted molar refractivity (Wildman–Crippen MR) is 120 cm³/mol. The fraction of sp³-hybridized carbons (Fsp3) is 0.524. The Bertz CT molecular complexity index is 779. The molecule has 1 atom stereocenters. The van der Waals surface area contributed by atoms with Gasteiger partial charge in [-0.2, -0.15) is 0 Å². The van der Waals surface area contributed by atoms with Gasteiger partial charge in [0.15, 0.2) is 0 Å². The van der Waals surface area contributed by atoms with Gasteiger partial charge in [0.1, 0.15) is 0 Å². The van der Waals surface area contributed by atoms with E-state index in [4.69, 9.17) is 4.74 Å². The first-order valence-electron chi connectivity index (χ1n) is 9.65. The molecule has 0 aliphatic carbocycles. The number of halogens is 2. The maximum atomic E-state index is 5.38. The van der Waals surface area contributed by atoms with E-state index < -0.39 is 0 Å². The molecule has 2 fully saturated rings. The zero-order valence-corrected chi connectivity index (χ0v) is 17.8. The topological polar surface area (TPSA) is 43.5 Å². The molecule has 0 amide bonds. The lowest BCUT2D eigenvalue weighted by atomic mass is 10.0. The smallest absolute Gasteiger partial charge is 0.0603 e. The van der Waals surface area contributed by atoms with Gasteiger partial charge in [-0.25, -0.2) is 0 Å². The molecule has 2 N–H and O–H groups in total. The molecular formula is C21H30Cl2N4O. The fourth-order valence-corrected chi connectivity index (χ4v) is 3.84. The van der Waals surface area contributed by atoms with Crippen LogP contribution < -0.4 is 5.32 Å². The molecule has 0 radical (unpaired) electrons. The third-order valence-corrected chi connectivity index (χ3v) is 5.31. The first-order valence-corrected chi connectivity index (χ1v) is 9.65. The van der Waals surface area contributed by atoms with Crippen molar-refractivity contribution in [3.8, 4) is 11.8 Å². The van der Waals surface area contributed by atoms with Crippen molar-refractivity contribution in [3.63, 3.8) is 0 Å². The summed E-state index contributed by atoms with van der Waals surface area (Å²) in [6.07, 6.45) is 3.22. The number of para-hydroxylation sites is 1. The van der Waals surface area contributed by atoms with Gasteiger partial charge in [-0.1, -0.05) is 30.0 Å². The maximum absolute atomic E-state index is 5.38. The van der Waals surface area contributed by atoms with Crippen molar-refractivity contribution in [1.82, 2.24) is 20.1 Å². The lowest BCUT2D eigenvalue weighted by Crippen LogP contribution is -2.51. The molecule has 2 saturated heterocycles. The minimum Gasteiger partial charge on any atom is -0.379 e. The van der Waals surface area contributed by atoms with Crippen molar-refractivity contribution in [2.45, 2.75) is 12.5 Å². The van der Waals surface area contributed by atoms with Gasteiger partial charge in [-0.05, 0) is 18.1 Å². The van der Waals surface area contributed by atoms with Crippen molar-refractivity contribution in [3.05, 3.63) is 36.0 Å². The monoisotopic (exact) mass is 424 g/mol. The normalized spacial score (nSPS) is 20.6. The molecular weight excluding hydrogens is 395 g/mol. The highest BCUT2D eigenvalue weighted by Crippen LogP contribution is 2.19. The van der Waals surface area contributed by atoms with E-state index in [1.165, 1.54) is 16.5 Å². The first kappa shape index (κ1) is 23.0. The fourth-order valence-electron chi connectivity index (χ4n) is 3.84. The van der Waals surface area contributed by atoms with Gasteiger partial charge in [0.05, 0.1) is 26.3 Å². The van der Waals surface area contributed by atoms with E-state index in [9.17, 15) is 0 Å². The van der Waals surface area contributed by atoms with Crippen molar-refractivity contribution in [1.29, 1.82) is 0 Å². The summed E-state index contributed by atoms with van der Waals surface area (Å²) in [6, 6.07) is 9.04. The molecule has 28 heavy (non-hydrogen) atoms. The number of benzene rings is 1. The number of rotatable bonds is 4. The minimum absolute atomic E-state index is 0. The number of fused-ring (bicyclic) bond motifs is 1. The molecule has 1 aromatic carbocycles. The van der Waals surface area contributed by atoms with Gasteiger partial charge in [-0.3, -0.25) is 9.80 Å². The van der Waals surface area contributed by atoms with Crippen LogP contribution in [0.25, 0.3) is 10.9 Å². The molecule has 0 saturated carbocycles. The van der Waals surface area contributed by atoms with E-state index in [-0.39, 0.29) is 24.8 Å². The molecule has 2 aliphatic rings. The molecule has 7 heteroatoms. The third kappa shape index (κ3) is 6.12. The molecule has 2 aromatic rings. The molecule has 5 nitrogen and oxygen atoms in total. The quantitative estimate of drug-likeness (QED) is 0.738. The van der Waals surface area contributed by atoms with Crippen LogP contribution in [0.4, 0.5) is 0 Å². The SMILES string of the molecule is C(#CCN1CCNC(Cc2c[nH]c3ccccc23)C1)CN1CCOCC1.Cl.Cl. The van der Waals surface area contributed by atoms with Crippen LogP contribution in [0, 0.1) is 11.8 Å². The second-order valence-electron chi connectivity index (χ2n) is 7.19. The van der Waals surface area contributed by atoms with Crippen LogP contribution in [0.5, 0.6) is 0 Å².